The number of nitrogens with one attached hydrogen (secondary N) is 1. The van der Waals surface area contributed by atoms with Gasteiger partial charge in [-0.05, 0) is 31.2 Å². The average Bonchev–Trinajstić information content (AvgIpc) is 3.01. The fraction of sp³-hybridized carbons (Fsp3) is 0.444. The van der Waals surface area contributed by atoms with Crippen molar-refractivity contribution in [3.05, 3.63) is 58.3 Å². The fourth-order valence-corrected chi connectivity index (χ4v) is 3.20. The minimum Gasteiger partial charge on any atom is -0.465 e. The molecule has 0 saturated carbocycles. The topological polar surface area (TPSA) is 37.6 Å². The van der Waals surface area contributed by atoms with E-state index in [-0.39, 0.29) is 11.9 Å². The van der Waals surface area contributed by atoms with E-state index in [1.54, 1.807) is 12.1 Å². The Labute approximate surface area is 146 Å². The Bertz CT molecular complexity index is 651. The Kier molecular flexibility index (Phi) is 5.89. The predicted molar refractivity (Wildman–Crippen MR) is 91.7 cm³/mol. The molecule has 1 N–H and O–H groups in total. The summed E-state index contributed by atoms with van der Waals surface area (Å²) in [5.41, 5.74) is 0.496. The van der Waals surface area contributed by atoms with Crippen LogP contribution >= 0.6 is 11.6 Å². The highest BCUT2D eigenvalue weighted by Crippen LogP contribution is 2.24. The Morgan fingerprint density at radius 3 is 2.71 bits per heavy atom. The van der Waals surface area contributed by atoms with E-state index in [1.807, 2.05) is 19.1 Å². The van der Waals surface area contributed by atoms with Crippen molar-refractivity contribution >= 4 is 11.6 Å². The highest BCUT2D eigenvalue weighted by molar-refractivity contribution is 6.31. The van der Waals surface area contributed by atoms with E-state index in [0.29, 0.717) is 23.7 Å². The number of halogens is 2. The number of furan rings is 1. The molecule has 0 amide bonds. The van der Waals surface area contributed by atoms with Gasteiger partial charge in [-0.3, -0.25) is 4.90 Å². The number of morpholine rings is 1. The summed E-state index contributed by atoms with van der Waals surface area (Å²) in [5, 5.41) is 3.77. The van der Waals surface area contributed by atoms with Crippen LogP contribution in [0, 0.1) is 12.7 Å². The second-order valence-corrected chi connectivity index (χ2v) is 6.35. The Balaban J connectivity index is 1.67. The standard InChI is InChI=1S/C18H22ClFN2O2/c1-13-5-6-18(24-13)17(22-7-9-23-10-8-22)12-21-11-14-15(19)3-2-4-16(14)20/h2-6,17,21H,7-12H2,1H3. The van der Waals surface area contributed by atoms with Gasteiger partial charge in [-0.2, -0.15) is 0 Å². The Hall–Kier alpha value is -1.40. The van der Waals surface area contributed by atoms with Gasteiger partial charge in [0.25, 0.3) is 0 Å². The average molecular weight is 353 g/mol. The summed E-state index contributed by atoms with van der Waals surface area (Å²) >= 11 is 6.09. The SMILES string of the molecule is Cc1ccc(C(CNCc2c(F)cccc2Cl)N2CCOCC2)o1. The first-order valence-electron chi connectivity index (χ1n) is 8.17. The number of aryl methyl sites for hydroxylation is 1. The van der Waals surface area contributed by atoms with Crippen LogP contribution in [0.5, 0.6) is 0 Å². The first kappa shape index (κ1) is 17.4. The summed E-state index contributed by atoms with van der Waals surface area (Å²) in [5.74, 6) is 1.52. The van der Waals surface area contributed by atoms with Gasteiger partial charge in [-0.25, -0.2) is 4.39 Å². The van der Waals surface area contributed by atoms with Crippen LogP contribution in [-0.2, 0) is 11.3 Å². The van der Waals surface area contributed by atoms with E-state index in [2.05, 4.69) is 10.2 Å². The molecule has 1 saturated heterocycles. The molecule has 1 aromatic heterocycles. The van der Waals surface area contributed by atoms with Crippen LogP contribution < -0.4 is 5.32 Å². The van der Waals surface area contributed by atoms with Crippen molar-refractivity contribution in [1.29, 1.82) is 0 Å². The quantitative estimate of drug-likeness (QED) is 0.862. The molecule has 1 aliphatic rings. The number of hydrogen-bond acceptors (Lipinski definition) is 4. The smallest absolute Gasteiger partial charge is 0.129 e. The van der Waals surface area contributed by atoms with Gasteiger partial charge in [0.15, 0.2) is 0 Å². The summed E-state index contributed by atoms with van der Waals surface area (Å²) in [7, 11) is 0. The first-order chi connectivity index (χ1) is 11.6. The zero-order valence-electron chi connectivity index (χ0n) is 13.7. The normalized spacial score (nSPS) is 17.1. The second kappa shape index (κ2) is 8.12. The van der Waals surface area contributed by atoms with E-state index in [0.717, 1.165) is 37.8 Å². The minimum atomic E-state index is -0.285. The Morgan fingerprint density at radius 2 is 2.04 bits per heavy atom. The lowest BCUT2D eigenvalue weighted by Crippen LogP contribution is -2.42. The van der Waals surface area contributed by atoms with Gasteiger partial charge < -0.3 is 14.5 Å². The monoisotopic (exact) mass is 352 g/mol. The molecule has 0 spiro atoms. The van der Waals surface area contributed by atoms with Gasteiger partial charge in [0.05, 0.1) is 19.3 Å². The number of hydrogen-bond donors (Lipinski definition) is 1. The van der Waals surface area contributed by atoms with Crippen LogP contribution in [-0.4, -0.2) is 37.7 Å². The van der Waals surface area contributed by atoms with Crippen molar-refractivity contribution in [2.75, 3.05) is 32.8 Å². The van der Waals surface area contributed by atoms with Crippen molar-refractivity contribution in [1.82, 2.24) is 10.2 Å². The number of rotatable bonds is 6. The van der Waals surface area contributed by atoms with Crippen molar-refractivity contribution in [2.45, 2.75) is 19.5 Å². The third-order valence-corrected chi connectivity index (χ3v) is 4.63. The van der Waals surface area contributed by atoms with Crippen molar-refractivity contribution < 1.29 is 13.5 Å². The number of nitrogens with zero attached hydrogens (tertiary/aromatic N) is 1. The van der Waals surface area contributed by atoms with Crippen LogP contribution in [0.2, 0.25) is 5.02 Å². The summed E-state index contributed by atoms with van der Waals surface area (Å²) in [4.78, 5) is 2.33. The predicted octanol–water partition coefficient (Wildman–Crippen LogP) is 3.54. The molecule has 1 unspecified atom stereocenters. The third-order valence-electron chi connectivity index (χ3n) is 4.28. The van der Waals surface area contributed by atoms with Gasteiger partial charge in [0, 0.05) is 36.8 Å². The van der Waals surface area contributed by atoms with E-state index in [1.165, 1.54) is 6.07 Å². The molecule has 1 aliphatic heterocycles. The van der Waals surface area contributed by atoms with E-state index in [4.69, 9.17) is 20.8 Å². The molecule has 24 heavy (non-hydrogen) atoms. The molecule has 3 rings (SSSR count). The lowest BCUT2D eigenvalue weighted by molar-refractivity contribution is 0.0115. The maximum Gasteiger partial charge on any atom is 0.129 e. The first-order valence-corrected chi connectivity index (χ1v) is 8.54. The van der Waals surface area contributed by atoms with Crippen LogP contribution in [0.15, 0.2) is 34.7 Å². The molecular weight excluding hydrogens is 331 g/mol. The van der Waals surface area contributed by atoms with Gasteiger partial charge in [-0.1, -0.05) is 17.7 Å². The zero-order valence-corrected chi connectivity index (χ0v) is 14.5. The molecule has 2 aromatic rings. The Morgan fingerprint density at radius 1 is 1.25 bits per heavy atom. The highest BCUT2D eigenvalue weighted by Gasteiger charge is 2.25. The van der Waals surface area contributed by atoms with Crippen molar-refractivity contribution in [3.8, 4) is 0 Å². The molecular formula is C18H22ClFN2O2. The number of benzene rings is 1. The van der Waals surface area contributed by atoms with Gasteiger partial charge in [0.1, 0.15) is 17.3 Å². The second-order valence-electron chi connectivity index (χ2n) is 5.94. The molecule has 130 valence electrons. The molecule has 2 heterocycles. The maximum absolute atomic E-state index is 13.9. The molecule has 6 heteroatoms. The largest absolute Gasteiger partial charge is 0.465 e. The molecule has 4 nitrogen and oxygen atoms in total. The minimum absolute atomic E-state index is 0.0909. The molecule has 0 radical (unpaired) electrons. The van der Waals surface area contributed by atoms with E-state index in [9.17, 15) is 4.39 Å². The van der Waals surface area contributed by atoms with E-state index < -0.39 is 0 Å². The van der Waals surface area contributed by atoms with Crippen molar-refractivity contribution in [3.63, 3.8) is 0 Å². The van der Waals surface area contributed by atoms with Gasteiger partial charge in [0.2, 0.25) is 0 Å². The summed E-state index contributed by atoms with van der Waals surface area (Å²) in [6.45, 7) is 6.11. The van der Waals surface area contributed by atoms with E-state index >= 15 is 0 Å². The zero-order chi connectivity index (χ0) is 16.9. The van der Waals surface area contributed by atoms with Crippen LogP contribution in [0.25, 0.3) is 0 Å². The molecule has 1 aromatic carbocycles. The molecule has 1 atom stereocenters. The lowest BCUT2D eigenvalue weighted by Gasteiger charge is -2.33. The lowest BCUT2D eigenvalue weighted by atomic mass is 10.1. The van der Waals surface area contributed by atoms with Crippen LogP contribution in [0.1, 0.15) is 23.1 Å². The summed E-state index contributed by atoms with van der Waals surface area (Å²) < 4.78 is 25.1. The fourth-order valence-electron chi connectivity index (χ4n) is 2.97. The maximum atomic E-state index is 13.9. The van der Waals surface area contributed by atoms with Gasteiger partial charge >= 0.3 is 0 Å². The number of ether oxygens (including phenoxy) is 1. The van der Waals surface area contributed by atoms with Crippen LogP contribution in [0.3, 0.4) is 0 Å². The third kappa shape index (κ3) is 4.16. The van der Waals surface area contributed by atoms with Crippen molar-refractivity contribution in [2.24, 2.45) is 0 Å². The van der Waals surface area contributed by atoms with Gasteiger partial charge in [-0.15, -0.1) is 0 Å². The van der Waals surface area contributed by atoms with Crippen LogP contribution in [0.4, 0.5) is 4.39 Å². The molecule has 0 bridgehead atoms. The molecule has 1 fully saturated rings. The molecule has 0 aliphatic carbocycles. The summed E-state index contributed by atoms with van der Waals surface area (Å²) in [6, 6.07) is 8.82. The highest BCUT2D eigenvalue weighted by atomic mass is 35.5. The summed E-state index contributed by atoms with van der Waals surface area (Å²) in [6.07, 6.45) is 0.